The Morgan fingerprint density at radius 3 is 2.50 bits per heavy atom. The third-order valence-corrected chi connectivity index (χ3v) is 3.36. The van der Waals surface area contributed by atoms with Crippen LogP contribution in [0, 0.1) is 0 Å². The van der Waals surface area contributed by atoms with E-state index in [0.29, 0.717) is 6.54 Å². The number of carbonyl (C=O) groups is 1. The summed E-state index contributed by atoms with van der Waals surface area (Å²) in [6, 6.07) is 9.83. The standard InChI is InChI=1S/C16H25NO3/c1-4-14(3)20-16(19)11-17(13(2)12-18)10-15-8-6-5-7-9-15/h5-9,13-14,18H,4,10-12H2,1-3H3/t13-,14?/m0/s1. The van der Waals surface area contributed by atoms with Gasteiger partial charge in [0.05, 0.1) is 19.3 Å². The van der Waals surface area contributed by atoms with Gasteiger partial charge in [0.1, 0.15) is 0 Å². The maximum absolute atomic E-state index is 11.9. The van der Waals surface area contributed by atoms with E-state index < -0.39 is 0 Å². The van der Waals surface area contributed by atoms with E-state index in [1.807, 2.05) is 56.0 Å². The zero-order valence-electron chi connectivity index (χ0n) is 12.6. The number of benzene rings is 1. The fraction of sp³-hybridized carbons (Fsp3) is 0.562. The molecule has 4 heteroatoms. The quantitative estimate of drug-likeness (QED) is 0.741. The molecule has 0 heterocycles. The molecule has 112 valence electrons. The average molecular weight is 279 g/mol. The van der Waals surface area contributed by atoms with Crippen molar-refractivity contribution in [2.24, 2.45) is 0 Å². The molecule has 0 fully saturated rings. The summed E-state index contributed by atoms with van der Waals surface area (Å²) >= 11 is 0. The summed E-state index contributed by atoms with van der Waals surface area (Å²) in [5.41, 5.74) is 1.11. The van der Waals surface area contributed by atoms with Crippen molar-refractivity contribution < 1.29 is 14.6 Å². The molecule has 1 unspecified atom stereocenters. The van der Waals surface area contributed by atoms with Crippen LogP contribution in [-0.2, 0) is 16.1 Å². The zero-order valence-corrected chi connectivity index (χ0v) is 12.6. The number of aliphatic hydroxyl groups is 1. The average Bonchev–Trinajstić information content (AvgIpc) is 2.46. The minimum atomic E-state index is -0.240. The number of ether oxygens (including phenoxy) is 1. The second-order valence-corrected chi connectivity index (χ2v) is 5.13. The first-order valence-electron chi connectivity index (χ1n) is 7.15. The molecule has 0 aliphatic carbocycles. The van der Waals surface area contributed by atoms with Crippen molar-refractivity contribution in [3.63, 3.8) is 0 Å². The molecule has 0 saturated heterocycles. The van der Waals surface area contributed by atoms with Crippen LogP contribution in [0.5, 0.6) is 0 Å². The smallest absolute Gasteiger partial charge is 0.320 e. The maximum atomic E-state index is 11.9. The molecule has 1 aromatic rings. The van der Waals surface area contributed by atoms with Gasteiger partial charge in [0, 0.05) is 12.6 Å². The Bertz CT molecular complexity index is 394. The monoisotopic (exact) mass is 279 g/mol. The SMILES string of the molecule is CCC(C)OC(=O)CN(Cc1ccccc1)[C@@H](C)CO. The third-order valence-electron chi connectivity index (χ3n) is 3.36. The van der Waals surface area contributed by atoms with Crippen molar-refractivity contribution in [3.05, 3.63) is 35.9 Å². The molecule has 0 spiro atoms. The van der Waals surface area contributed by atoms with Gasteiger partial charge in [-0.25, -0.2) is 0 Å². The second kappa shape index (κ2) is 8.72. The number of hydrogen-bond donors (Lipinski definition) is 1. The molecule has 0 radical (unpaired) electrons. The third kappa shape index (κ3) is 5.72. The first-order valence-corrected chi connectivity index (χ1v) is 7.15. The predicted octanol–water partition coefficient (Wildman–Crippen LogP) is 2.21. The number of esters is 1. The van der Waals surface area contributed by atoms with Gasteiger partial charge in [0.25, 0.3) is 0 Å². The topological polar surface area (TPSA) is 49.8 Å². The van der Waals surface area contributed by atoms with Gasteiger partial charge in [-0.15, -0.1) is 0 Å². The van der Waals surface area contributed by atoms with Crippen LogP contribution in [0.15, 0.2) is 30.3 Å². The highest BCUT2D eigenvalue weighted by Gasteiger charge is 2.19. The summed E-state index contributed by atoms with van der Waals surface area (Å²) in [5, 5.41) is 9.33. The lowest BCUT2D eigenvalue weighted by Gasteiger charge is -2.27. The highest BCUT2D eigenvalue weighted by molar-refractivity contribution is 5.71. The lowest BCUT2D eigenvalue weighted by molar-refractivity contribution is -0.150. The Labute approximate surface area is 121 Å². The maximum Gasteiger partial charge on any atom is 0.320 e. The molecule has 0 amide bonds. The van der Waals surface area contributed by atoms with Gasteiger partial charge in [-0.1, -0.05) is 37.3 Å². The number of nitrogens with zero attached hydrogens (tertiary/aromatic N) is 1. The van der Waals surface area contributed by atoms with Gasteiger partial charge in [-0.3, -0.25) is 9.69 Å². The molecule has 0 aliphatic heterocycles. The number of carbonyl (C=O) groups excluding carboxylic acids is 1. The van der Waals surface area contributed by atoms with E-state index in [4.69, 9.17) is 4.74 Å². The lowest BCUT2D eigenvalue weighted by Crippen LogP contribution is -2.40. The minimum absolute atomic E-state index is 0.0173. The minimum Gasteiger partial charge on any atom is -0.462 e. The Morgan fingerprint density at radius 2 is 1.95 bits per heavy atom. The van der Waals surface area contributed by atoms with Crippen LogP contribution in [0.3, 0.4) is 0 Å². The summed E-state index contributed by atoms with van der Waals surface area (Å²) in [4.78, 5) is 13.8. The normalized spacial score (nSPS) is 14.1. The fourth-order valence-corrected chi connectivity index (χ4v) is 1.81. The van der Waals surface area contributed by atoms with Crippen LogP contribution in [0.2, 0.25) is 0 Å². The van der Waals surface area contributed by atoms with Crippen LogP contribution in [0.1, 0.15) is 32.8 Å². The van der Waals surface area contributed by atoms with Crippen LogP contribution in [-0.4, -0.2) is 41.3 Å². The van der Waals surface area contributed by atoms with E-state index in [-0.39, 0.29) is 31.3 Å². The molecule has 1 rings (SSSR count). The molecule has 20 heavy (non-hydrogen) atoms. The van der Waals surface area contributed by atoms with E-state index >= 15 is 0 Å². The van der Waals surface area contributed by atoms with E-state index in [2.05, 4.69) is 0 Å². The summed E-state index contributed by atoms with van der Waals surface area (Å²) in [5.74, 6) is -0.240. The van der Waals surface area contributed by atoms with Crippen LogP contribution in [0.25, 0.3) is 0 Å². The predicted molar refractivity (Wildman–Crippen MR) is 79.2 cm³/mol. The van der Waals surface area contributed by atoms with Crippen molar-refractivity contribution in [1.82, 2.24) is 4.90 Å². The van der Waals surface area contributed by atoms with Gasteiger partial charge in [0.2, 0.25) is 0 Å². The van der Waals surface area contributed by atoms with Crippen molar-refractivity contribution in [2.75, 3.05) is 13.2 Å². The van der Waals surface area contributed by atoms with E-state index in [0.717, 1.165) is 12.0 Å². The first kappa shape index (κ1) is 16.7. The number of rotatable bonds is 8. The Balaban J connectivity index is 2.63. The molecular weight excluding hydrogens is 254 g/mol. The van der Waals surface area contributed by atoms with Crippen LogP contribution in [0.4, 0.5) is 0 Å². The van der Waals surface area contributed by atoms with Crippen molar-refractivity contribution >= 4 is 5.97 Å². The van der Waals surface area contributed by atoms with Crippen LogP contribution < -0.4 is 0 Å². The van der Waals surface area contributed by atoms with Gasteiger partial charge >= 0.3 is 5.97 Å². The number of hydrogen-bond acceptors (Lipinski definition) is 4. The highest BCUT2D eigenvalue weighted by atomic mass is 16.5. The molecule has 0 saturated carbocycles. The number of aliphatic hydroxyl groups excluding tert-OH is 1. The lowest BCUT2D eigenvalue weighted by atomic mass is 10.2. The van der Waals surface area contributed by atoms with Crippen molar-refractivity contribution in [2.45, 2.75) is 45.9 Å². The van der Waals surface area contributed by atoms with Gasteiger partial charge < -0.3 is 9.84 Å². The fourth-order valence-electron chi connectivity index (χ4n) is 1.81. The van der Waals surface area contributed by atoms with Crippen molar-refractivity contribution in [1.29, 1.82) is 0 Å². The zero-order chi connectivity index (χ0) is 15.0. The summed E-state index contributed by atoms with van der Waals surface area (Å²) in [7, 11) is 0. The van der Waals surface area contributed by atoms with Gasteiger partial charge in [-0.05, 0) is 25.8 Å². The first-order chi connectivity index (χ1) is 9.56. The molecule has 0 bridgehead atoms. The largest absolute Gasteiger partial charge is 0.462 e. The Morgan fingerprint density at radius 1 is 1.30 bits per heavy atom. The van der Waals surface area contributed by atoms with Crippen molar-refractivity contribution in [3.8, 4) is 0 Å². The molecule has 1 N–H and O–H groups in total. The second-order valence-electron chi connectivity index (χ2n) is 5.13. The van der Waals surface area contributed by atoms with E-state index in [9.17, 15) is 9.90 Å². The van der Waals surface area contributed by atoms with Gasteiger partial charge in [0.15, 0.2) is 0 Å². The molecule has 1 aromatic carbocycles. The van der Waals surface area contributed by atoms with Crippen LogP contribution >= 0.6 is 0 Å². The molecule has 0 aliphatic rings. The molecular formula is C16H25NO3. The molecule has 2 atom stereocenters. The Hall–Kier alpha value is -1.39. The Kier molecular flexibility index (Phi) is 7.26. The summed E-state index contributed by atoms with van der Waals surface area (Å²) < 4.78 is 5.30. The van der Waals surface area contributed by atoms with E-state index in [1.54, 1.807) is 0 Å². The molecule has 0 aromatic heterocycles. The summed E-state index contributed by atoms with van der Waals surface area (Å²) in [6.45, 7) is 6.60. The highest BCUT2D eigenvalue weighted by Crippen LogP contribution is 2.09. The summed E-state index contributed by atoms with van der Waals surface area (Å²) in [6.07, 6.45) is 0.741. The van der Waals surface area contributed by atoms with Gasteiger partial charge in [-0.2, -0.15) is 0 Å². The van der Waals surface area contributed by atoms with E-state index in [1.165, 1.54) is 0 Å². The molecule has 4 nitrogen and oxygen atoms in total.